The van der Waals surface area contributed by atoms with E-state index < -0.39 is 5.60 Å². The molecule has 0 bridgehead atoms. The van der Waals surface area contributed by atoms with Crippen molar-refractivity contribution in [3.63, 3.8) is 0 Å². The van der Waals surface area contributed by atoms with Crippen LogP contribution in [0.25, 0.3) is 0 Å². The Morgan fingerprint density at radius 3 is 2.66 bits per heavy atom. The smallest absolute Gasteiger partial charge is 0.410 e. The quantitative estimate of drug-likeness (QED) is 0.533. The molecule has 3 atom stereocenters. The van der Waals surface area contributed by atoms with E-state index in [0.29, 0.717) is 19.7 Å². The van der Waals surface area contributed by atoms with Crippen molar-refractivity contribution in [1.82, 2.24) is 15.1 Å². The standard InChI is InChI=1S/C21H40N4O4/c1-7-22-19(25-10-12-28-18(15-25)17-9-8-11-27-17)23-13-16(2)14-24(6)20(26)29-21(3,4)5/h16-18H,7-15H2,1-6H3,(H,22,23). The normalized spacial score (nSPS) is 24.3. The Morgan fingerprint density at radius 1 is 1.31 bits per heavy atom. The number of nitrogens with zero attached hydrogens (tertiary/aromatic N) is 3. The first-order chi connectivity index (χ1) is 13.7. The maximum atomic E-state index is 12.2. The number of carbonyl (C=O) groups excluding carboxylic acids is 1. The molecule has 8 heteroatoms. The highest BCUT2D eigenvalue weighted by Crippen LogP contribution is 2.21. The number of hydrogen-bond acceptors (Lipinski definition) is 5. The Hall–Kier alpha value is -1.54. The number of nitrogens with one attached hydrogen (secondary N) is 1. The minimum atomic E-state index is -0.485. The molecule has 2 aliphatic heterocycles. The SMILES string of the molecule is CCNC(=NCC(C)CN(C)C(=O)OC(C)(C)C)N1CCOC(C2CCCO2)C1. The van der Waals surface area contributed by atoms with Gasteiger partial charge in [-0.05, 0) is 46.5 Å². The van der Waals surface area contributed by atoms with Gasteiger partial charge in [-0.2, -0.15) is 0 Å². The van der Waals surface area contributed by atoms with Crippen molar-refractivity contribution < 1.29 is 19.0 Å². The highest BCUT2D eigenvalue weighted by Gasteiger charge is 2.32. The fourth-order valence-electron chi connectivity index (χ4n) is 3.60. The van der Waals surface area contributed by atoms with Gasteiger partial charge in [0.1, 0.15) is 11.7 Å². The summed E-state index contributed by atoms with van der Waals surface area (Å²) in [5.74, 6) is 1.13. The number of morpholine rings is 1. The van der Waals surface area contributed by atoms with Crippen LogP contribution < -0.4 is 5.32 Å². The van der Waals surface area contributed by atoms with Crippen LogP contribution in [0.3, 0.4) is 0 Å². The zero-order chi connectivity index (χ0) is 21.4. The molecule has 2 rings (SSSR count). The van der Waals surface area contributed by atoms with Gasteiger partial charge in [0, 0.05) is 46.4 Å². The lowest BCUT2D eigenvalue weighted by Gasteiger charge is -2.37. The Kier molecular flexibility index (Phi) is 9.02. The van der Waals surface area contributed by atoms with Gasteiger partial charge in [-0.3, -0.25) is 4.99 Å². The second-order valence-corrected chi connectivity index (χ2v) is 9.07. The van der Waals surface area contributed by atoms with Crippen LogP contribution in [-0.2, 0) is 14.2 Å². The van der Waals surface area contributed by atoms with E-state index in [1.165, 1.54) is 0 Å². The Bertz CT molecular complexity index is 543. The van der Waals surface area contributed by atoms with Crippen LogP contribution in [0.4, 0.5) is 4.79 Å². The maximum Gasteiger partial charge on any atom is 0.410 e. The van der Waals surface area contributed by atoms with Gasteiger partial charge < -0.3 is 29.3 Å². The topological polar surface area (TPSA) is 75.6 Å². The first-order valence-corrected chi connectivity index (χ1v) is 10.9. The fourth-order valence-corrected chi connectivity index (χ4v) is 3.60. The van der Waals surface area contributed by atoms with Gasteiger partial charge in [-0.25, -0.2) is 4.79 Å². The van der Waals surface area contributed by atoms with Gasteiger partial charge in [-0.15, -0.1) is 0 Å². The van der Waals surface area contributed by atoms with Gasteiger partial charge in [0.2, 0.25) is 0 Å². The van der Waals surface area contributed by atoms with Crippen LogP contribution in [0.15, 0.2) is 4.99 Å². The summed E-state index contributed by atoms with van der Waals surface area (Å²) in [6.07, 6.45) is 2.18. The van der Waals surface area contributed by atoms with E-state index >= 15 is 0 Å². The number of carbonyl (C=O) groups is 1. The predicted molar refractivity (Wildman–Crippen MR) is 114 cm³/mol. The van der Waals surface area contributed by atoms with E-state index in [1.54, 1.807) is 11.9 Å². The van der Waals surface area contributed by atoms with Crippen LogP contribution in [0.2, 0.25) is 0 Å². The van der Waals surface area contributed by atoms with Gasteiger partial charge >= 0.3 is 6.09 Å². The van der Waals surface area contributed by atoms with Gasteiger partial charge in [-0.1, -0.05) is 6.92 Å². The minimum Gasteiger partial charge on any atom is -0.444 e. The number of amides is 1. The zero-order valence-corrected chi connectivity index (χ0v) is 19.1. The Labute approximate surface area is 175 Å². The number of rotatable bonds is 6. The average molecular weight is 413 g/mol. The van der Waals surface area contributed by atoms with Gasteiger partial charge in [0.05, 0.1) is 12.7 Å². The third kappa shape index (κ3) is 8.01. The second-order valence-electron chi connectivity index (χ2n) is 9.07. The van der Waals surface area contributed by atoms with Crippen LogP contribution in [-0.4, -0.2) is 92.6 Å². The first-order valence-electron chi connectivity index (χ1n) is 10.9. The molecule has 168 valence electrons. The lowest BCUT2D eigenvalue weighted by atomic mass is 10.1. The number of aliphatic imine (C=N–C) groups is 1. The van der Waals surface area contributed by atoms with Crippen LogP contribution >= 0.6 is 0 Å². The maximum absolute atomic E-state index is 12.2. The molecular weight excluding hydrogens is 372 g/mol. The molecule has 0 spiro atoms. The zero-order valence-electron chi connectivity index (χ0n) is 19.1. The summed E-state index contributed by atoms with van der Waals surface area (Å²) in [7, 11) is 1.77. The fraction of sp³-hybridized carbons (Fsp3) is 0.905. The first kappa shape index (κ1) is 23.7. The van der Waals surface area contributed by atoms with Crippen molar-refractivity contribution in [3.8, 4) is 0 Å². The van der Waals surface area contributed by atoms with Crippen molar-refractivity contribution in [2.45, 2.75) is 65.3 Å². The van der Waals surface area contributed by atoms with Crippen molar-refractivity contribution in [1.29, 1.82) is 0 Å². The molecule has 2 aliphatic rings. The summed E-state index contributed by atoms with van der Waals surface area (Å²) >= 11 is 0. The van der Waals surface area contributed by atoms with Crippen molar-refractivity contribution in [2.75, 3.05) is 53.0 Å². The molecule has 0 saturated carbocycles. The number of hydrogen-bond donors (Lipinski definition) is 1. The Morgan fingerprint density at radius 2 is 2.03 bits per heavy atom. The molecule has 0 aromatic heterocycles. The van der Waals surface area contributed by atoms with Crippen LogP contribution in [0.1, 0.15) is 47.5 Å². The van der Waals surface area contributed by atoms with Gasteiger partial charge in [0.25, 0.3) is 0 Å². The summed E-state index contributed by atoms with van der Waals surface area (Å²) in [6.45, 7) is 15.0. The van der Waals surface area contributed by atoms with E-state index in [4.69, 9.17) is 19.2 Å². The van der Waals surface area contributed by atoms with Gasteiger partial charge in [0.15, 0.2) is 5.96 Å². The Balaban J connectivity index is 1.89. The molecule has 2 fully saturated rings. The molecule has 1 amide bonds. The third-order valence-electron chi connectivity index (χ3n) is 4.95. The molecule has 3 unspecified atom stereocenters. The molecule has 2 saturated heterocycles. The van der Waals surface area contributed by atoms with E-state index in [-0.39, 0.29) is 24.2 Å². The van der Waals surface area contributed by atoms with Crippen LogP contribution in [0, 0.1) is 5.92 Å². The molecular formula is C21H40N4O4. The summed E-state index contributed by atoms with van der Waals surface area (Å²) in [5.41, 5.74) is -0.485. The van der Waals surface area contributed by atoms with Crippen molar-refractivity contribution >= 4 is 12.1 Å². The van der Waals surface area contributed by atoms with Crippen LogP contribution in [0.5, 0.6) is 0 Å². The monoisotopic (exact) mass is 412 g/mol. The highest BCUT2D eigenvalue weighted by atomic mass is 16.6. The average Bonchev–Trinajstić information content (AvgIpc) is 3.18. The minimum absolute atomic E-state index is 0.103. The second kappa shape index (κ2) is 11.0. The molecule has 0 radical (unpaired) electrons. The van der Waals surface area contributed by atoms with E-state index in [2.05, 4.69) is 24.1 Å². The molecule has 2 heterocycles. The lowest BCUT2D eigenvalue weighted by molar-refractivity contribution is -0.0817. The number of guanidine groups is 1. The molecule has 0 aromatic rings. The summed E-state index contributed by atoms with van der Waals surface area (Å²) < 4.78 is 17.2. The largest absolute Gasteiger partial charge is 0.444 e. The summed E-state index contributed by atoms with van der Waals surface area (Å²) in [4.78, 5) is 20.9. The highest BCUT2D eigenvalue weighted by molar-refractivity contribution is 5.80. The summed E-state index contributed by atoms with van der Waals surface area (Å²) in [6, 6.07) is 0. The molecule has 1 N–H and O–H groups in total. The molecule has 0 aliphatic carbocycles. The predicted octanol–water partition coefficient (Wildman–Crippen LogP) is 2.33. The van der Waals surface area contributed by atoms with E-state index in [1.807, 2.05) is 20.8 Å². The number of ether oxygens (including phenoxy) is 3. The van der Waals surface area contributed by atoms with E-state index in [9.17, 15) is 4.79 Å². The van der Waals surface area contributed by atoms with E-state index in [0.717, 1.165) is 45.0 Å². The molecule has 0 aromatic carbocycles. The third-order valence-corrected chi connectivity index (χ3v) is 4.95. The summed E-state index contributed by atoms with van der Waals surface area (Å²) in [5, 5.41) is 3.40. The van der Waals surface area contributed by atoms with Crippen molar-refractivity contribution in [3.05, 3.63) is 0 Å². The molecule has 8 nitrogen and oxygen atoms in total. The lowest BCUT2D eigenvalue weighted by Crippen LogP contribution is -2.53. The molecule has 29 heavy (non-hydrogen) atoms. The van der Waals surface area contributed by atoms with Crippen molar-refractivity contribution in [2.24, 2.45) is 10.9 Å².